The van der Waals surface area contributed by atoms with Crippen molar-refractivity contribution in [3.8, 4) is 0 Å². The zero-order valence-corrected chi connectivity index (χ0v) is 15.5. The average Bonchev–Trinajstić information content (AvgIpc) is 2.63. The molecule has 1 fully saturated rings. The van der Waals surface area contributed by atoms with Crippen molar-refractivity contribution in [3.63, 3.8) is 0 Å². The first-order valence-electron chi connectivity index (χ1n) is 8.01. The van der Waals surface area contributed by atoms with Crippen LogP contribution in [-0.4, -0.2) is 51.4 Å². The van der Waals surface area contributed by atoms with Gasteiger partial charge >= 0.3 is 0 Å². The molecule has 2 heterocycles. The van der Waals surface area contributed by atoms with Gasteiger partial charge in [-0.1, -0.05) is 11.6 Å². The van der Waals surface area contributed by atoms with E-state index in [4.69, 9.17) is 16.3 Å². The van der Waals surface area contributed by atoms with Crippen LogP contribution in [0.3, 0.4) is 0 Å². The normalized spacial score (nSPS) is 14.9. The Balaban J connectivity index is 1.61. The number of morpholine rings is 1. The number of ether oxygens (including phenoxy) is 1. The minimum Gasteiger partial charge on any atom is -0.378 e. The summed E-state index contributed by atoms with van der Waals surface area (Å²) in [4.78, 5) is 18.5. The standard InChI is InChI=1S/C17H18ClN3O4S/c18-13-1-4-15(5-2-13)26(23,24)12-17(22)20-14-3-6-16(19-11-14)21-7-9-25-10-8-21/h1-6,11H,7-10,12H2,(H,20,22). The number of sulfone groups is 1. The van der Waals surface area contributed by atoms with Gasteiger partial charge in [-0.3, -0.25) is 4.79 Å². The van der Waals surface area contributed by atoms with Crippen LogP contribution >= 0.6 is 11.6 Å². The summed E-state index contributed by atoms with van der Waals surface area (Å²) in [5.41, 5.74) is 0.443. The van der Waals surface area contributed by atoms with Crippen LogP contribution in [0.15, 0.2) is 47.5 Å². The molecule has 1 N–H and O–H groups in total. The Morgan fingerprint density at radius 1 is 1.15 bits per heavy atom. The van der Waals surface area contributed by atoms with Crippen LogP contribution in [0.25, 0.3) is 0 Å². The molecule has 2 aromatic rings. The molecule has 26 heavy (non-hydrogen) atoms. The first kappa shape index (κ1) is 18.6. The van der Waals surface area contributed by atoms with Gasteiger partial charge in [0, 0.05) is 18.1 Å². The van der Waals surface area contributed by atoms with Gasteiger partial charge in [0.2, 0.25) is 5.91 Å². The van der Waals surface area contributed by atoms with Crippen molar-refractivity contribution in [3.05, 3.63) is 47.6 Å². The monoisotopic (exact) mass is 395 g/mol. The zero-order chi connectivity index (χ0) is 18.6. The van der Waals surface area contributed by atoms with E-state index in [1.54, 1.807) is 12.1 Å². The molecule has 0 radical (unpaired) electrons. The topological polar surface area (TPSA) is 88.6 Å². The minimum atomic E-state index is -3.73. The maximum atomic E-state index is 12.3. The summed E-state index contributed by atoms with van der Waals surface area (Å²) in [6.07, 6.45) is 1.51. The summed E-state index contributed by atoms with van der Waals surface area (Å²) in [7, 11) is -3.73. The lowest BCUT2D eigenvalue weighted by atomic mass is 10.3. The number of carbonyl (C=O) groups is 1. The second-order valence-corrected chi connectivity index (χ2v) is 8.19. The number of rotatable bonds is 5. The van der Waals surface area contributed by atoms with Gasteiger partial charge in [0.25, 0.3) is 0 Å². The molecule has 3 rings (SSSR count). The van der Waals surface area contributed by atoms with Gasteiger partial charge in [-0.05, 0) is 36.4 Å². The highest BCUT2D eigenvalue weighted by atomic mass is 35.5. The van der Waals surface area contributed by atoms with Crippen molar-refractivity contribution >= 4 is 38.9 Å². The van der Waals surface area contributed by atoms with Gasteiger partial charge in [0.15, 0.2) is 9.84 Å². The van der Waals surface area contributed by atoms with Gasteiger partial charge < -0.3 is 15.0 Å². The molecule has 1 aliphatic heterocycles. The van der Waals surface area contributed by atoms with Crippen molar-refractivity contribution in [2.24, 2.45) is 0 Å². The molecule has 0 unspecified atom stereocenters. The second-order valence-electron chi connectivity index (χ2n) is 5.77. The highest BCUT2D eigenvalue weighted by molar-refractivity contribution is 7.92. The summed E-state index contributed by atoms with van der Waals surface area (Å²) < 4.78 is 29.8. The van der Waals surface area contributed by atoms with E-state index in [0.717, 1.165) is 18.9 Å². The molecule has 1 saturated heterocycles. The van der Waals surface area contributed by atoms with Crippen LogP contribution in [0.1, 0.15) is 0 Å². The molecule has 1 aromatic heterocycles. The number of aromatic nitrogens is 1. The Morgan fingerprint density at radius 2 is 1.85 bits per heavy atom. The fourth-order valence-electron chi connectivity index (χ4n) is 2.53. The molecule has 0 spiro atoms. The van der Waals surface area contributed by atoms with E-state index in [1.807, 2.05) is 0 Å². The Hall–Kier alpha value is -2.16. The summed E-state index contributed by atoms with van der Waals surface area (Å²) in [6.45, 7) is 2.83. The first-order chi connectivity index (χ1) is 12.4. The maximum absolute atomic E-state index is 12.3. The molecule has 1 aromatic carbocycles. The summed E-state index contributed by atoms with van der Waals surface area (Å²) >= 11 is 5.75. The molecule has 1 amide bonds. The minimum absolute atomic E-state index is 0.0536. The SMILES string of the molecule is O=C(CS(=O)(=O)c1ccc(Cl)cc1)Nc1ccc(N2CCOCC2)nc1. The number of nitrogens with one attached hydrogen (secondary N) is 1. The third kappa shape index (κ3) is 4.72. The lowest BCUT2D eigenvalue weighted by Gasteiger charge is -2.27. The van der Waals surface area contributed by atoms with E-state index in [2.05, 4.69) is 15.2 Å². The number of nitrogens with zero attached hydrogens (tertiary/aromatic N) is 2. The van der Waals surface area contributed by atoms with Gasteiger partial charge in [0.1, 0.15) is 11.6 Å². The van der Waals surface area contributed by atoms with Crippen molar-refractivity contribution in [1.29, 1.82) is 0 Å². The van der Waals surface area contributed by atoms with E-state index in [0.29, 0.717) is 23.9 Å². The van der Waals surface area contributed by atoms with Gasteiger partial charge in [0.05, 0.1) is 30.0 Å². The summed E-state index contributed by atoms with van der Waals surface area (Å²) in [5.74, 6) is -0.485. The van der Waals surface area contributed by atoms with Crippen molar-refractivity contribution in [2.45, 2.75) is 4.90 Å². The third-order valence-corrected chi connectivity index (χ3v) is 5.75. The molecule has 0 aliphatic carbocycles. The molecule has 0 saturated carbocycles. The zero-order valence-electron chi connectivity index (χ0n) is 13.9. The van der Waals surface area contributed by atoms with Crippen LogP contribution in [-0.2, 0) is 19.4 Å². The predicted octanol–water partition coefficient (Wildman–Crippen LogP) is 1.98. The Morgan fingerprint density at radius 3 is 2.46 bits per heavy atom. The first-order valence-corrected chi connectivity index (χ1v) is 10.0. The smallest absolute Gasteiger partial charge is 0.240 e. The number of pyridine rings is 1. The lowest BCUT2D eigenvalue weighted by molar-refractivity contribution is -0.113. The van der Waals surface area contributed by atoms with Crippen molar-refractivity contribution in [1.82, 2.24) is 4.98 Å². The molecule has 9 heteroatoms. The molecule has 1 aliphatic rings. The van der Waals surface area contributed by atoms with E-state index in [1.165, 1.54) is 30.5 Å². The van der Waals surface area contributed by atoms with Crippen LogP contribution in [0.2, 0.25) is 5.02 Å². The number of carbonyl (C=O) groups excluding carboxylic acids is 1. The highest BCUT2D eigenvalue weighted by Gasteiger charge is 2.19. The maximum Gasteiger partial charge on any atom is 0.240 e. The largest absolute Gasteiger partial charge is 0.378 e. The molecule has 7 nitrogen and oxygen atoms in total. The number of hydrogen-bond donors (Lipinski definition) is 1. The fourth-order valence-corrected chi connectivity index (χ4v) is 3.80. The molecule has 0 atom stereocenters. The van der Waals surface area contributed by atoms with Gasteiger partial charge in [-0.15, -0.1) is 0 Å². The fraction of sp³-hybridized carbons (Fsp3) is 0.294. The lowest BCUT2D eigenvalue weighted by Crippen LogP contribution is -2.36. The Bertz CT molecular complexity index is 864. The summed E-state index contributed by atoms with van der Waals surface area (Å²) in [6, 6.07) is 9.19. The van der Waals surface area contributed by atoms with Gasteiger partial charge in [-0.2, -0.15) is 0 Å². The van der Waals surface area contributed by atoms with Crippen LogP contribution in [0.5, 0.6) is 0 Å². The molecular weight excluding hydrogens is 378 g/mol. The number of benzene rings is 1. The van der Waals surface area contributed by atoms with Crippen molar-refractivity contribution in [2.75, 3.05) is 42.3 Å². The van der Waals surface area contributed by atoms with Crippen LogP contribution in [0.4, 0.5) is 11.5 Å². The van der Waals surface area contributed by atoms with E-state index in [-0.39, 0.29) is 4.90 Å². The van der Waals surface area contributed by atoms with E-state index < -0.39 is 21.5 Å². The van der Waals surface area contributed by atoms with Gasteiger partial charge in [-0.25, -0.2) is 13.4 Å². The quantitative estimate of drug-likeness (QED) is 0.832. The van der Waals surface area contributed by atoms with Crippen LogP contribution < -0.4 is 10.2 Å². The van der Waals surface area contributed by atoms with E-state index >= 15 is 0 Å². The molecular formula is C17H18ClN3O4S. The predicted molar refractivity (Wildman–Crippen MR) is 99.4 cm³/mol. The third-order valence-electron chi connectivity index (χ3n) is 3.86. The number of halogens is 1. The Labute approximate surface area is 156 Å². The van der Waals surface area contributed by atoms with Crippen LogP contribution in [0, 0.1) is 0 Å². The number of amides is 1. The second kappa shape index (κ2) is 8.03. The van der Waals surface area contributed by atoms with Crippen molar-refractivity contribution < 1.29 is 17.9 Å². The Kier molecular flexibility index (Phi) is 5.75. The van der Waals surface area contributed by atoms with E-state index in [9.17, 15) is 13.2 Å². The molecule has 0 bridgehead atoms. The molecule has 138 valence electrons. The summed E-state index contributed by atoms with van der Waals surface area (Å²) in [5, 5.41) is 2.99. The highest BCUT2D eigenvalue weighted by Crippen LogP contribution is 2.17. The number of hydrogen-bond acceptors (Lipinski definition) is 6. The average molecular weight is 396 g/mol. The number of anilines is 2.